The molecule has 0 unspecified atom stereocenters. The minimum Gasteiger partial charge on any atom is -0.497 e. The van der Waals surface area contributed by atoms with E-state index in [-0.39, 0.29) is 0 Å². The molecule has 3 rings (SSSR count). The van der Waals surface area contributed by atoms with Gasteiger partial charge in [-0.1, -0.05) is 0 Å². The van der Waals surface area contributed by atoms with Gasteiger partial charge in [0, 0.05) is 19.7 Å². The number of fused-ring (bicyclic) bond motifs is 3. The Labute approximate surface area is 112 Å². The van der Waals surface area contributed by atoms with Gasteiger partial charge in [-0.25, -0.2) is 4.98 Å². The molecule has 6 heteroatoms. The molecular formula is C12H13BrN4O. The summed E-state index contributed by atoms with van der Waals surface area (Å²) in [5.41, 5.74) is 8.72. The number of imidazole rings is 2. The van der Waals surface area contributed by atoms with Crippen LogP contribution in [0.1, 0.15) is 5.69 Å². The molecule has 2 heterocycles. The summed E-state index contributed by atoms with van der Waals surface area (Å²) in [5.74, 6) is 1.67. The first-order valence-corrected chi connectivity index (χ1v) is 6.36. The summed E-state index contributed by atoms with van der Waals surface area (Å²) in [4.78, 5) is 4.61. The number of hydrogen-bond donors (Lipinski definition) is 1. The van der Waals surface area contributed by atoms with Crippen molar-refractivity contribution in [2.45, 2.75) is 6.54 Å². The molecule has 94 valence electrons. The van der Waals surface area contributed by atoms with Gasteiger partial charge in [0.15, 0.2) is 0 Å². The first-order valence-electron chi connectivity index (χ1n) is 5.56. The fourth-order valence-electron chi connectivity index (χ4n) is 2.20. The molecule has 5 nitrogen and oxygen atoms in total. The Morgan fingerprint density at radius 1 is 1.44 bits per heavy atom. The van der Waals surface area contributed by atoms with E-state index in [4.69, 9.17) is 10.5 Å². The lowest BCUT2D eigenvalue weighted by Gasteiger charge is -2.00. The van der Waals surface area contributed by atoms with Gasteiger partial charge in [0.2, 0.25) is 5.78 Å². The van der Waals surface area contributed by atoms with Crippen molar-refractivity contribution in [2.75, 3.05) is 7.11 Å². The highest BCUT2D eigenvalue weighted by atomic mass is 79.9. The van der Waals surface area contributed by atoms with Crippen molar-refractivity contribution in [2.24, 2.45) is 12.8 Å². The number of hydrogen-bond acceptors (Lipinski definition) is 3. The number of halogens is 1. The average Bonchev–Trinajstić information content (AvgIpc) is 2.86. The highest BCUT2D eigenvalue weighted by molar-refractivity contribution is 9.10. The normalized spacial score (nSPS) is 11.6. The van der Waals surface area contributed by atoms with E-state index in [0.717, 1.165) is 32.9 Å². The largest absolute Gasteiger partial charge is 0.497 e. The number of nitrogens with zero attached hydrogens (tertiary/aromatic N) is 3. The second-order valence-corrected chi connectivity index (χ2v) is 4.85. The monoisotopic (exact) mass is 308 g/mol. The number of benzene rings is 1. The third-order valence-electron chi connectivity index (χ3n) is 3.18. The zero-order chi connectivity index (χ0) is 12.9. The van der Waals surface area contributed by atoms with Crippen molar-refractivity contribution < 1.29 is 4.74 Å². The Bertz CT molecular complexity index is 744. The maximum absolute atomic E-state index is 5.75. The lowest BCUT2D eigenvalue weighted by molar-refractivity contribution is 0.415. The molecule has 0 bridgehead atoms. The first-order chi connectivity index (χ1) is 8.67. The van der Waals surface area contributed by atoms with Crippen LogP contribution in [0, 0.1) is 0 Å². The number of methoxy groups -OCH3 is 1. The molecule has 0 aliphatic carbocycles. The van der Waals surface area contributed by atoms with Crippen LogP contribution in [0.2, 0.25) is 0 Å². The van der Waals surface area contributed by atoms with E-state index in [2.05, 4.69) is 25.3 Å². The number of aryl methyl sites for hydroxylation is 1. The maximum atomic E-state index is 5.75. The Kier molecular flexibility index (Phi) is 2.57. The summed E-state index contributed by atoms with van der Waals surface area (Å²) in [6.45, 7) is 0.470. The number of ether oxygens (including phenoxy) is 1. The van der Waals surface area contributed by atoms with E-state index in [1.165, 1.54) is 0 Å². The highest BCUT2D eigenvalue weighted by Crippen LogP contribution is 2.28. The van der Waals surface area contributed by atoms with Crippen molar-refractivity contribution in [3.8, 4) is 5.75 Å². The second-order valence-electron chi connectivity index (χ2n) is 4.10. The SMILES string of the molecule is COc1ccc2c(c1)nc1n(C)c(CN)c(Br)n21. The van der Waals surface area contributed by atoms with Crippen LogP contribution in [0.25, 0.3) is 16.8 Å². The molecular weight excluding hydrogens is 296 g/mol. The van der Waals surface area contributed by atoms with E-state index in [1.54, 1.807) is 7.11 Å². The van der Waals surface area contributed by atoms with Crippen LogP contribution in [-0.2, 0) is 13.6 Å². The predicted molar refractivity (Wildman–Crippen MR) is 73.8 cm³/mol. The van der Waals surface area contributed by atoms with Gasteiger partial charge in [-0.05, 0) is 28.1 Å². The Morgan fingerprint density at radius 2 is 2.22 bits per heavy atom. The Hall–Kier alpha value is -1.53. The summed E-state index contributed by atoms with van der Waals surface area (Å²) in [6.07, 6.45) is 0. The highest BCUT2D eigenvalue weighted by Gasteiger charge is 2.16. The second kappa shape index (κ2) is 4.00. The lowest BCUT2D eigenvalue weighted by atomic mass is 10.3. The van der Waals surface area contributed by atoms with Gasteiger partial charge < -0.3 is 15.0 Å². The molecule has 2 aromatic heterocycles. The molecule has 0 fully saturated rings. The van der Waals surface area contributed by atoms with Crippen molar-refractivity contribution in [3.05, 3.63) is 28.5 Å². The quantitative estimate of drug-likeness (QED) is 0.788. The molecule has 0 amide bonds. The standard InChI is InChI=1S/C12H13BrN4O/c1-16-10(6-14)11(13)17-9-4-3-7(18-2)5-8(9)15-12(16)17/h3-5H,6,14H2,1-2H3. The molecule has 0 radical (unpaired) electrons. The maximum Gasteiger partial charge on any atom is 0.215 e. The van der Waals surface area contributed by atoms with E-state index in [1.807, 2.05) is 29.8 Å². The molecule has 0 aliphatic heterocycles. The smallest absolute Gasteiger partial charge is 0.215 e. The molecule has 0 saturated carbocycles. The van der Waals surface area contributed by atoms with Crippen LogP contribution in [0.3, 0.4) is 0 Å². The van der Waals surface area contributed by atoms with Crippen LogP contribution >= 0.6 is 15.9 Å². The van der Waals surface area contributed by atoms with Crippen LogP contribution in [0.5, 0.6) is 5.75 Å². The molecule has 1 aromatic carbocycles. The van der Waals surface area contributed by atoms with Crippen molar-refractivity contribution in [1.82, 2.24) is 14.0 Å². The summed E-state index contributed by atoms with van der Waals surface area (Å²) in [7, 11) is 3.62. The van der Waals surface area contributed by atoms with Crippen LogP contribution in [-0.4, -0.2) is 21.1 Å². The summed E-state index contributed by atoms with van der Waals surface area (Å²) < 4.78 is 10.2. The summed E-state index contributed by atoms with van der Waals surface area (Å²) in [6, 6.07) is 5.86. The molecule has 0 atom stereocenters. The van der Waals surface area contributed by atoms with E-state index >= 15 is 0 Å². The van der Waals surface area contributed by atoms with E-state index < -0.39 is 0 Å². The Morgan fingerprint density at radius 3 is 2.89 bits per heavy atom. The number of rotatable bonds is 2. The average molecular weight is 309 g/mol. The number of aromatic nitrogens is 3. The molecule has 2 N–H and O–H groups in total. The fourth-order valence-corrected chi connectivity index (χ4v) is 2.98. The first kappa shape index (κ1) is 11.6. The van der Waals surface area contributed by atoms with Gasteiger partial charge in [-0.15, -0.1) is 0 Å². The predicted octanol–water partition coefficient (Wildman–Crippen LogP) is 2.06. The van der Waals surface area contributed by atoms with Crippen LogP contribution in [0.4, 0.5) is 0 Å². The summed E-state index contributed by atoms with van der Waals surface area (Å²) in [5, 5.41) is 0. The zero-order valence-corrected chi connectivity index (χ0v) is 11.7. The van der Waals surface area contributed by atoms with E-state index in [0.29, 0.717) is 6.54 Å². The van der Waals surface area contributed by atoms with Gasteiger partial charge in [-0.3, -0.25) is 4.40 Å². The van der Waals surface area contributed by atoms with Gasteiger partial charge in [0.25, 0.3) is 0 Å². The molecule has 3 aromatic rings. The van der Waals surface area contributed by atoms with Crippen LogP contribution < -0.4 is 10.5 Å². The van der Waals surface area contributed by atoms with Gasteiger partial charge >= 0.3 is 0 Å². The number of nitrogens with two attached hydrogens (primary N) is 1. The zero-order valence-electron chi connectivity index (χ0n) is 10.1. The topological polar surface area (TPSA) is 57.5 Å². The Balaban J connectivity index is 2.43. The minimum atomic E-state index is 0.470. The summed E-state index contributed by atoms with van der Waals surface area (Å²) >= 11 is 3.59. The minimum absolute atomic E-state index is 0.470. The third-order valence-corrected chi connectivity index (χ3v) is 3.99. The van der Waals surface area contributed by atoms with Gasteiger partial charge in [0.1, 0.15) is 10.4 Å². The van der Waals surface area contributed by atoms with E-state index in [9.17, 15) is 0 Å². The fraction of sp³-hybridized carbons (Fsp3) is 0.250. The van der Waals surface area contributed by atoms with Crippen molar-refractivity contribution >= 4 is 32.7 Å². The molecule has 0 spiro atoms. The van der Waals surface area contributed by atoms with Gasteiger partial charge in [-0.2, -0.15) is 0 Å². The molecule has 18 heavy (non-hydrogen) atoms. The van der Waals surface area contributed by atoms with Crippen molar-refractivity contribution in [1.29, 1.82) is 0 Å². The molecule has 0 saturated heterocycles. The third kappa shape index (κ3) is 1.39. The van der Waals surface area contributed by atoms with Crippen LogP contribution in [0.15, 0.2) is 22.8 Å². The lowest BCUT2D eigenvalue weighted by Crippen LogP contribution is -2.04. The van der Waals surface area contributed by atoms with Gasteiger partial charge in [0.05, 0.1) is 23.8 Å². The molecule has 0 aliphatic rings. The van der Waals surface area contributed by atoms with Crippen molar-refractivity contribution in [3.63, 3.8) is 0 Å².